The van der Waals surface area contributed by atoms with E-state index in [4.69, 9.17) is 9.47 Å². The Morgan fingerprint density at radius 1 is 0.792 bits per heavy atom. The highest BCUT2D eigenvalue weighted by Crippen LogP contribution is 2.24. The van der Waals surface area contributed by atoms with E-state index in [1.54, 1.807) is 0 Å². The van der Waals surface area contributed by atoms with Crippen LogP contribution < -0.4 is 0 Å². The normalized spacial score (nSPS) is 21.0. The maximum Gasteiger partial charge on any atom is 0.0594 e. The lowest BCUT2D eigenvalue weighted by molar-refractivity contribution is -0.0165. The largest absolute Gasteiger partial charge is 0.379 e. The van der Waals surface area contributed by atoms with Gasteiger partial charge in [0.1, 0.15) is 0 Å². The number of hydrogen-bond donors (Lipinski definition) is 0. The molecule has 0 aliphatic carbocycles. The van der Waals surface area contributed by atoms with Crippen molar-refractivity contribution in [3.8, 4) is 0 Å². The van der Waals surface area contributed by atoms with Crippen molar-refractivity contribution in [2.45, 2.75) is 59.9 Å². The van der Waals surface area contributed by atoms with Crippen LogP contribution in [0.3, 0.4) is 0 Å². The van der Waals surface area contributed by atoms with E-state index < -0.39 is 0 Å². The van der Waals surface area contributed by atoms with Crippen molar-refractivity contribution in [3.63, 3.8) is 0 Å². The van der Waals surface area contributed by atoms with Crippen molar-refractivity contribution in [1.82, 2.24) is 9.80 Å². The summed E-state index contributed by atoms with van der Waals surface area (Å²) < 4.78 is 10.6. The Labute approximate surface area is 150 Å². The molecule has 2 saturated heterocycles. The Morgan fingerprint density at radius 3 is 1.75 bits per heavy atom. The minimum Gasteiger partial charge on any atom is -0.379 e. The number of morpholine rings is 2. The molecule has 2 rings (SSSR count). The summed E-state index contributed by atoms with van der Waals surface area (Å²) in [6.45, 7) is 23.2. The molecule has 2 fully saturated rings. The lowest BCUT2D eigenvalue weighted by atomic mass is 9.90. The lowest BCUT2D eigenvalue weighted by Crippen LogP contribution is -2.50. The first-order valence-electron chi connectivity index (χ1n) is 9.94. The molecule has 2 aliphatic rings. The first-order chi connectivity index (χ1) is 11.3. The molecule has 2 heterocycles. The smallest absolute Gasteiger partial charge is 0.0594 e. The van der Waals surface area contributed by atoms with Gasteiger partial charge in [-0.25, -0.2) is 0 Å². The van der Waals surface area contributed by atoms with Gasteiger partial charge in [0.2, 0.25) is 0 Å². The molecule has 4 nitrogen and oxygen atoms in total. The number of ether oxygens (including phenoxy) is 2. The molecule has 0 aromatic heterocycles. The maximum atomic E-state index is 5.36. The number of rotatable bonds is 6. The third-order valence-corrected chi connectivity index (χ3v) is 4.90. The molecular formula is C20H42N2O2. The van der Waals surface area contributed by atoms with E-state index in [1.165, 1.54) is 19.4 Å². The van der Waals surface area contributed by atoms with Crippen molar-refractivity contribution in [2.75, 3.05) is 59.2 Å². The van der Waals surface area contributed by atoms with Gasteiger partial charge in [-0.2, -0.15) is 0 Å². The summed E-state index contributed by atoms with van der Waals surface area (Å²) in [5.41, 5.74) is 0.345. The first kappa shape index (κ1) is 21.9. The zero-order valence-electron chi connectivity index (χ0n) is 17.1. The molecule has 0 aromatic carbocycles. The maximum absolute atomic E-state index is 5.36. The van der Waals surface area contributed by atoms with Gasteiger partial charge < -0.3 is 9.47 Å². The van der Waals surface area contributed by atoms with Crippen LogP contribution in [-0.2, 0) is 9.47 Å². The molecule has 24 heavy (non-hydrogen) atoms. The van der Waals surface area contributed by atoms with Crippen molar-refractivity contribution in [2.24, 2.45) is 11.8 Å². The Morgan fingerprint density at radius 2 is 1.29 bits per heavy atom. The second-order valence-corrected chi connectivity index (χ2v) is 8.65. The van der Waals surface area contributed by atoms with Gasteiger partial charge in [-0.05, 0) is 45.1 Å². The highest BCUT2D eigenvalue weighted by Gasteiger charge is 2.28. The molecule has 4 heteroatoms. The summed E-state index contributed by atoms with van der Waals surface area (Å²) in [5.74, 6) is 1.61. The van der Waals surface area contributed by atoms with Gasteiger partial charge in [-0.15, -0.1) is 0 Å². The summed E-state index contributed by atoms with van der Waals surface area (Å²) in [6, 6.07) is 0. The number of nitrogens with zero attached hydrogens (tertiary/aromatic N) is 2. The van der Waals surface area contributed by atoms with Crippen LogP contribution in [0, 0.1) is 11.8 Å². The van der Waals surface area contributed by atoms with Crippen LogP contribution in [0.2, 0.25) is 0 Å². The van der Waals surface area contributed by atoms with Crippen LogP contribution in [0.1, 0.15) is 54.4 Å². The van der Waals surface area contributed by atoms with Crippen LogP contribution in [0.15, 0.2) is 0 Å². The van der Waals surface area contributed by atoms with Gasteiger partial charge in [0.25, 0.3) is 0 Å². The topological polar surface area (TPSA) is 24.9 Å². The highest BCUT2D eigenvalue weighted by molar-refractivity contribution is 4.83. The Kier molecular flexibility index (Phi) is 10.4. The second-order valence-electron chi connectivity index (χ2n) is 8.65. The predicted octanol–water partition coefficient (Wildman–Crippen LogP) is 3.51. The zero-order valence-corrected chi connectivity index (χ0v) is 17.1. The Balaban J connectivity index is 0.000000243. The molecule has 0 N–H and O–H groups in total. The van der Waals surface area contributed by atoms with Gasteiger partial charge in [0.15, 0.2) is 0 Å². The predicted molar refractivity (Wildman–Crippen MR) is 103 cm³/mol. The second kappa shape index (κ2) is 11.5. The fourth-order valence-electron chi connectivity index (χ4n) is 3.56. The van der Waals surface area contributed by atoms with Crippen molar-refractivity contribution < 1.29 is 9.47 Å². The van der Waals surface area contributed by atoms with E-state index in [9.17, 15) is 0 Å². The van der Waals surface area contributed by atoms with Gasteiger partial charge in [0.05, 0.1) is 26.4 Å². The number of hydrogen-bond acceptors (Lipinski definition) is 4. The summed E-state index contributed by atoms with van der Waals surface area (Å²) >= 11 is 0. The van der Waals surface area contributed by atoms with E-state index >= 15 is 0 Å². The van der Waals surface area contributed by atoms with Crippen LogP contribution >= 0.6 is 0 Å². The van der Waals surface area contributed by atoms with Gasteiger partial charge >= 0.3 is 0 Å². The molecule has 0 bridgehead atoms. The third kappa shape index (κ3) is 9.36. The van der Waals surface area contributed by atoms with Gasteiger partial charge in [-0.1, -0.05) is 27.7 Å². The molecule has 2 aliphatic heterocycles. The molecule has 0 unspecified atom stereocenters. The summed E-state index contributed by atoms with van der Waals surface area (Å²) in [7, 11) is 0. The van der Waals surface area contributed by atoms with Crippen molar-refractivity contribution in [3.05, 3.63) is 0 Å². The molecule has 0 aromatic rings. The van der Waals surface area contributed by atoms with Crippen molar-refractivity contribution in [1.29, 1.82) is 0 Å². The average molecular weight is 343 g/mol. The quantitative estimate of drug-likeness (QED) is 0.737. The third-order valence-electron chi connectivity index (χ3n) is 4.90. The molecular weight excluding hydrogens is 300 g/mol. The molecule has 144 valence electrons. The molecule has 0 atom stereocenters. The summed E-state index contributed by atoms with van der Waals surface area (Å²) in [4.78, 5) is 5.04. The minimum absolute atomic E-state index is 0.345. The van der Waals surface area contributed by atoms with Gasteiger partial charge in [-0.3, -0.25) is 9.80 Å². The zero-order chi connectivity index (χ0) is 18.0. The molecule has 0 saturated carbocycles. The van der Waals surface area contributed by atoms with E-state index in [0.717, 1.165) is 64.4 Å². The van der Waals surface area contributed by atoms with Crippen LogP contribution in [-0.4, -0.2) is 74.5 Å². The fourth-order valence-corrected chi connectivity index (χ4v) is 3.56. The summed E-state index contributed by atoms with van der Waals surface area (Å²) in [6.07, 6.45) is 2.59. The Hall–Kier alpha value is -0.160. The monoisotopic (exact) mass is 342 g/mol. The summed E-state index contributed by atoms with van der Waals surface area (Å²) in [5, 5.41) is 0. The van der Waals surface area contributed by atoms with E-state index in [-0.39, 0.29) is 0 Å². The van der Waals surface area contributed by atoms with E-state index in [0.29, 0.717) is 5.54 Å². The van der Waals surface area contributed by atoms with Crippen molar-refractivity contribution >= 4 is 0 Å². The standard InChI is InChI=1S/C11H23NO.C9H19NO/c1-10(2)9-11(3,4)12-5-7-13-8-6-12;1-9(2)3-4-10-5-7-11-8-6-10/h10H,5-9H2,1-4H3;9H,3-8H2,1-2H3. The first-order valence-corrected chi connectivity index (χ1v) is 9.94. The van der Waals surface area contributed by atoms with E-state index in [2.05, 4.69) is 51.3 Å². The van der Waals surface area contributed by atoms with Crippen LogP contribution in [0.5, 0.6) is 0 Å². The molecule has 0 radical (unpaired) electrons. The van der Waals surface area contributed by atoms with Crippen LogP contribution in [0.25, 0.3) is 0 Å². The molecule has 0 spiro atoms. The minimum atomic E-state index is 0.345. The van der Waals surface area contributed by atoms with E-state index in [1.807, 2.05) is 0 Å². The average Bonchev–Trinajstić information content (AvgIpc) is 2.54. The SMILES string of the molecule is CC(C)CC(C)(C)N1CCOCC1.CC(C)CCN1CCOCC1. The van der Waals surface area contributed by atoms with Crippen LogP contribution in [0.4, 0.5) is 0 Å². The highest BCUT2D eigenvalue weighted by atomic mass is 16.5. The molecule has 0 amide bonds. The fraction of sp³-hybridized carbons (Fsp3) is 1.00. The van der Waals surface area contributed by atoms with Gasteiger partial charge in [0, 0.05) is 31.7 Å². The Bertz CT molecular complexity index is 307. The lowest BCUT2D eigenvalue weighted by Gasteiger charge is -2.41.